The Hall–Kier alpha value is -1.70. The first-order valence-electron chi connectivity index (χ1n) is 10.5. The minimum absolute atomic E-state index is 0.0242. The number of hydrogen-bond acceptors (Lipinski definition) is 4. The van der Waals surface area contributed by atoms with E-state index < -0.39 is 35.5 Å². The van der Waals surface area contributed by atoms with E-state index in [1.54, 1.807) is 31.2 Å². The molecule has 0 unspecified atom stereocenters. The molecule has 5 nitrogen and oxygen atoms in total. The first-order valence-corrected chi connectivity index (χ1v) is 11.3. The van der Waals surface area contributed by atoms with E-state index in [1.807, 2.05) is 11.0 Å². The Bertz CT molecular complexity index is 1060. The van der Waals surface area contributed by atoms with Gasteiger partial charge in [0.2, 0.25) is 5.91 Å². The van der Waals surface area contributed by atoms with Crippen LogP contribution in [0.15, 0.2) is 36.4 Å². The average Bonchev–Trinajstić information content (AvgIpc) is 3.42. The zero-order chi connectivity index (χ0) is 22.1. The summed E-state index contributed by atoms with van der Waals surface area (Å²) in [5.74, 6) is -1.20. The van der Waals surface area contributed by atoms with E-state index in [4.69, 9.17) is 28.9 Å². The van der Waals surface area contributed by atoms with Gasteiger partial charge in [0.15, 0.2) is 0 Å². The van der Waals surface area contributed by atoms with Crippen molar-refractivity contribution in [2.24, 2.45) is 11.7 Å². The summed E-state index contributed by atoms with van der Waals surface area (Å²) in [5.41, 5.74) is 7.05. The molecule has 3 aliphatic rings. The van der Waals surface area contributed by atoms with E-state index in [9.17, 15) is 9.90 Å². The highest BCUT2D eigenvalue weighted by atomic mass is 35.5. The predicted octanol–water partition coefficient (Wildman–Crippen LogP) is 3.87. The number of fused-ring (bicyclic) bond motifs is 2. The van der Waals surface area contributed by atoms with Crippen molar-refractivity contribution in [1.82, 2.24) is 4.90 Å². The molecule has 4 N–H and O–H groups in total. The van der Waals surface area contributed by atoms with Crippen molar-refractivity contribution >= 4 is 34.8 Å². The lowest BCUT2D eigenvalue weighted by atomic mass is 9.73. The van der Waals surface area contributed by atoms with Crippen LogP contribution in [0.4, 0.5) is 10.1 Å². The third-order valence-electron chi connectivity index (χ3n) is 6.99. The van der Waals surface area contributed by atoms with Crippen molar-refractivity contribution < 1.29 is 14.3 Å². The number of aliphatic hydroxyl groups excluding tert-OH is 1. The van der Waals surface area contributed by atoms with Crippen LogP contribution in [0.25, 0.3) is 0 Å². The number of halogens is 3. The second kappa shape index (κ2) is 7.42. The number of nitrogens with one attached hydrogen (secondary N) is 1. The number of amides is 1. The van der Waals surface area contributed by atoms with Gasteiger partial charge < -0.3 is 16.2 Å². The molecule has 2 aromatic rings. The number of carbonyl (C=O) groups excluding carboxylic acids is 1. The van der Waals surface area contributed by atoms with E-state index in [2.05, 4.69) is 5.32 Å². The summed E-state index contributed by atoms with van der Waals surface area (Å²) in [6.45, 7) is 2.27. The number of rotatable bonds is 4. The fourth-order valence-electron chi connectivity index (χ4n) is 5.60. The molecule has 1 spiro atoms. The van der Waals surface area contributed by atoms with Crippen molar-refractivity contribution in [3.63, 3.8) is 0 Å². The fourth-order valence-corrected chi connectivity index (χ4v) is 5.96. The molecule has 0 bridgehead atoms. The molecule has 0 aromatic heterocycles. The van der Waals surface area contributed by atoms with Crippen LogP contribution in [0.3, 0.4) is 0 Å². The minimum Gasteiger partial charge on any atom is -0.392 e. The van der Waals surface area contributed by atoms with Gasteiger partial charge in [0.25, 0.3) is 0 Å². The van der Waals surface area contributed by atoms with Gasteiger partial charge in [-0.2, -0.15) is 0 Å². The summed E-state index contributed by atoms with van der Waals surface area (Å²) in [6.07, 6.45) is 1.29. The van der Waals surface area contributed by atoms with Gasteiger partial charge >= 0.3 is 0 Å². The smallest absolute Gasteiger partial charge is 0.250 e. The number of nitrogens with two attached hydrogens (primary N) is 1. The molecule has 5 rings (SSSR count). The number of anilines is 1. The van der Waals surface area contributed by atoms with Gasteiger partial charge in [-0.25, -0.2) is 4.39 Å². The minimum atomic E-state index is -1.27. The highest BCUT2D eigenvalue weighted by molar-refractivity contribution is 6.31. The van der Waals surface area contributed by atoms with Crippen LogP contribution in [-0.4, -0.2) is 40.6 Å². The molecule has 2 heterocycles. The summed E-state index contributed by atoms with van der Waals surface area (Å²) in [4.78, 5) is 15.8. The Morgan fingerprint density at radius 3 is 2.74 bits per heavy atom. The fraction of sp³-hybridized carbons (Fsp3) is 0.435. The number of likely N-dealkylation sites (tertiary alicyclic amines) is 1. The van der Waals surface area contributed by atoms with Gasteiger partial charge in [0.05, 0.1) is 17.2 Å². The summed E-state index contributed by atoms with van der Waals surface area (Å²) >= 11 is 12.3. The quantitative estimate of drug-likeness (QED) is 0.642. The van der Waals surface area contributed by atoms with E-state index in [0.717, 1.165) is 12.8 Å². The molecule has 1 saturated heterocycles. The van der Waals surface area contributed by atoms with Gasteiger partial charge in [0.1, 0.15) is 11.4 Å². The molecule has 1 saturated carbocycles. The topological polar surface area (TPSA) is 78.6 Å². The lowest BCUT2D eigenvalue weighted by molar-refractivity contribution is -0.128. The monoisotopic (exact) mass is 463 g/mol. The molecule has 5 atom stereocenters. The van der Waals surface area contributed by atoms with E-state index in [-0.39, 0.29) is 16.5 Å². The Labute approximate surface area is 190 Å². The van der Waals surface area contributed by atoms with Crippen LogP contribution in [0.1, 0.15) is 36.8 Å². The molecular formula is C23H24Cl2FN3O2. The maximum absolute atomic E-state index is 15.3. The van der Waals surface area contributed by atoms with Gasteiger partial charge in [0, 0.05) is 34.8 Å². The van der Waals surface area contributed by atoms with Crippen molar-refractivity contribution in [2.45, 2.75) is 49.4 Å². The lowest BCUT2D eigenvalue weighted by Gasteiger charge is -2.40. The first-order chi connectivity index (χ1) is 14.8. The van der Waals surface area contributed by atoms with Crippen LogP contribution in [0.5, 0.6) is 0 Å². The van der Waals surface area contributed by atoms with Crippen molar-refractivity contribution in [3.05, 3.63) is 63.4 Å². The lowest BCUT2D eigenvalue weighted by Crippen LogP contribution is -2.55. The molecule has 31 heavy (non-hydrogen) atoms. The van der Waals surface area contributed by atoms with E-state index in [0.29, 0.717) is 28.7 Å². The molecule has 164 valence electrons. The summed E-state index contributed by atoms with van der Waals surface area (Å²) in [6, 6.07) is 8.78. The summed E-state index contributed by atoms with van der Waals surface area (Å²) in [5, 5.41) is 14.2. The highest BCUT2D eigenvalue weighted by Gasteiger charge is 2.67. The largest absolute Gasteiger partial charge is 0.392 e. The van der Waals surface area contributed by atoms with Crippen LogP contribution < -0.4 is 11.1 Å². The van der Waals surface area contributed by atoms with Crippen LogP contribution >= 0.6 is 23.2 Å². The second-order valence-electron chi connectivity index (χ2n) is 8.94. The van der Waals surface area contributed by atoms with Gasteiger partial charge in [-0.3, -0.25) is 9.69 Å². The molecule has 1 aliphatic carbocycles. The van der Waals surface area contributed by atoms with Crippen LogP contribution in [0, 0.1) is 11.7 Å². The Morgan fingerprint density at radius 1 is 1.32 bits per heavy atom. The summed E-state index contributed by atoms with van der Waals surface area (Å²) in [7, 11) is 0. The van der Waals surface area contributed by atoms with Gasteiger partial charge in [-0.15, -0.1) is 0 Å². The molecule has 1 amide bonds. The number of aliphatic hydroxyl groups is 1. The molecule has 2 aliphatic heterocycles. The molecular weight excluding hydrogens is 440 g/mol. The Morgan fingerprint density at radius 2 is 2.06 bits per heavy atom. The summed E-state index contributed by atoms with van der Waals surface area (Å²) < 4.78 is 15.3. The van der Waals surface area contributed by atoms with Crippen molar-refractivity contribution in [2.75, 3.05) is 11.9 Å². The normalized spacial score (nSPS) is 31.2. The van der Waals surface area contributed by atoms with Gasteiger partial charge in [-0.05, 0) is 49.4 Å². The zero-order valence-electron chi connectivity index (χ0n) is 17.0. The third-order valence-corrected chi connectivity index (χ3v) is 7.52. The SMILES string of the molecule is C[C@@H](O)[C@@H]1[C@H](N)[C@@H](c2cccc(Cl)c2F)[C@@]2(C(=O)Nc3cc(Cl)ccc32)N1CC1CC1. The molecule has 0 radical (unpaired) electrons. The third kappa shape index (κ3) is 3.04. The standard InChI is InChI=1S/C23H24Cl2FN3O2/c1-11(30)21-20(27)18(14-3-2-4-16(25)19(14)26)23(29(21)10-12-5-6-12)15-8-7-13(24)9-17(15)28-22(23)31/h2-4,7-9,11-12,18,20-21,30H,5-6,10,27H2,1H3,(H,28,31)/t11-,18-,20-,21-,23+/m1/s1. The number of carbonyl (C=O) groups is 1. The van der Waals surface area contributed by atoms with E-state index in [1.165, 1.54) is 6.07 Å². The van der Waals surface area contributed by atoms with Crippen molar-refractivity contribution in [3.8, 4) is 0 Å². The van der Waals surface area contributed by atoms with Crippen LogP contribution in [-0.2, 0) is 10.3 Å². The van der Waals surface area contributed by atoms with Gasteiger partial charge in [-0.1, -0.05) is 41.4 Å². The number of benzene rings is 2. The molecule has 2 aromatic carbocycles. The Balaban J connectivity index is 1.80. The molecule has 2 fully saturated rings. The maximum Gasteiger partial charge on any atom is 0.250 e. The average molecular weight is 464 g/mol. The Kier molecular flexibility index (Phi) is 5.07. The van der Waals surface area contributed by atoms with E-state index >= 15 is 4.39 Å². The maximum atomic E-state index is 15.3. The highest BCUT2D eigenvalue weighted by Crippen LogP contribution is 2.58. The predicted molar refractivity (Wildman–Crippen MR) is 119 cm³/mol. The zero-order valence-corrected chi connectivity index (χ0v) is 18.5. The first kappa shape index (κ1) is 21.2. The number of hydrogen-bond donors (Lipinski definition) is 3. The second-order valence-corrected chi connectivity index (χ2v) is 9.78. The number of nitrogens with zero attached hydrogens (tertiary/aromatic N) is 1. The molecule has 8 heteroatoms. The van der Waals surface area contributed by atoms with Crippen molar-refractivity contribution in [1.29, 1.82) is 0 Å². The van der Waals surface area contributed by atoms with Crippen LogP contribution in [0.2, 0.25) is 10.0 Å².